The summed E-state index contributed by atoms with van der Waals surface area (Å²) in [5.74, 6) is 0. The van der Waals surface area contributed by atoms with Crippen LogP contribution in [0.15, 0.2) is 12.2 Å². The van der Waals surface area contributed by atoms with Gasteiger partial charge in [0, 0.05) is 0 Å². The predicted molar refractivity (Wildman–Crippen MR) is 40.3 cm³/mol. The van der Waals surface area contributed by atoms with Crippen LogP contribution in [0.2, 0.25) is 0 Å². The lowest BCUT2D eigenvalue weighted by atomic mass is 10.2. The number of aliphatic hydroxyl groups excluding tert-OH is 1. The van der Waals surface area contributed by atoms with E-state index in [2.05, 4.69) is 19.1 Å². The summed E-state index contributed by atoms with van der Waals surface area (Å²) in [6, 6.07) is 0. The Morgan fingerprint density at radius 2 is 2.11 bits per heavy atom. The van der Waals surface area contributed by atoms with E-state index in [1.807, 2.05) is 6.92 Å². The first-order valence-electron chi connectivity index (χ1n) is 3.60. The van der Waals surface area contributed by atoms with E-state index in [1.54, 1.807) is 0 Å². The highest BCUT2D eigenvalue weighted by Crippen LogP contribution is 1.96. The van der Waals surface area contributed by atoms with E-state index < -0.39 is 0 Å². The largest absolute Gasteiger partial charge is 0.393 e. The summed E-state index contributed by atoms with van der Waals surface area (Å²) >= 11 is 0. The Labute approximate surface area is 57.4 Å². The van der Waals surface area contributed by atoms with Crippen molar-refractivity contribution in [1.82, 2.24) is 0 Å². The van der Waals surface area contributed by atoms with Crippen molar-refractivity contribution in [2.75, 3.05) is 0 Å². The zero-order chi connectivity index (χ0) is 7.11. The van der Waals surface area contributed by atoms with Gasteiger partial charge in [-0.1, -0.05) is 19.1 Å². The van der Waals surface area contributed by atoms with Crippen LogP contribution in [-0.4, -0.2) is 11.2 Å². The first kappa shape index (κ1) is 8.70. The Morgan fingerprint density at radius 3 is 2.56 bits per heavy atom. The van der Waals surface area contributed by atoms with Gasteiger partial charge in [-0.2, -0.15) is 0 Å². The molecule has 1 atom stereocenters. The second-order valence-electron chi connectivity index (χ2n) is 2.31. The van der Waals surface area contributed by atoms with Gasteiger partial charge < -0.3 is 5.11 Å². The van der Waals surface area contributed by atoms with E-state index in [-0.39, 0.29) is 6.10 Å². The Kier molecular flexibility index (Phi) is 5.64. The van der Waals surface area contributed by atoms with Crippen LogP contribution in [0, 0.1) is 0 Å². The first-order chi connectivity index (χ1) is 4.27. The monoisotopic (exact) mass is 128 g/mol. The van der Waals surface area contributed by atoms with Crippen molar-refractivity contribution in [2.24, 2.45) is 0 Å². The molecule has 0 aromatic rings. The van der Waals surface area contributed by atoms with Crippen LogP contribution in [0.4, 0.5) is 0 Å². The van der Waals surface area contributed by atoms with E-state index in [4.69, 9.17) is 5.11 Å². The lowest BCUT2D eigenvalue weighted by Crippen LogP contribution is -1.96. The summed E-state index contributed by atoms with van der Waals surface area (Å²) in [6.45, 7) is 3.93. The predicted octanol–water partition coefficient (Wildman–Crippen LogP) is 2.11. The third-order valence-corrected chi connectivity index (χ3v) is 1.15. The van der Waals surface area contributed by atoms with Crippen LogP contribution in [0.5, 0.6) is 0 Å². The third kappa shape index (κ3) is 7.70. The molecule has 0 saturated carbocycles. The molecule has 0 rings (SSSR count). The molecule has 0 aliphatic carbocycles. The number of hydrogen-bond donors (Lipinski definition) is 1. The minimum absolute atomic E-state index is 0.147. The molecule has 0 aromatic heterocycles. The van der Waals surface area contributed by atoms with Crippen LogP contribution < -0.4 is 0 Å². The Balaban J connectivity index is 2.99. The molecule has 0 radical (unpaired) electrons. The number of aliphatic hydroxyl groups is 1. The average molecular weight is 128 g/mol. The zero-order valence-electron chi connectivity index (χ0n) is 6.30. The van der Waals surface area contributed by atoms with Gasteiger partial charge in [0.25, 0.3) is 0 Å². The lowest BCUT2D eigenvalue weighted by Gasteiger charge is -1.97. The van der Waals surface area contributed by atoms with Crippen molar-refractivity contribution in [3.63, 3.8) is 0 Å². The Bertz CT molecular complexity index is 74.6. The quantitative estimate of drug-likeness (QED) is 0.575. The van der Waals surface area contributed by atoms with Gasteiger partial charge in [0.2, 0.25) is 0 Å². The maximum Gasteiger partial charge on any atom is 0.0515 e. The molecule has 0 amide bonds. The van der Waals surface area contributed by atoms with Crippen LogP contribution in [-0.2, 0) is 0 Å². The molecule has 0 bridgehead atoms. The number of hydrogen-bond acceptors (Lipinski definition) is 1. The van der Waals surface area contributed by atoms with Gasteiger partial charge >= 0.3 is 0 Å². The van der Waals surface area contributed by atoms with Gasteiger partial charge in [0.05, 0.1) is 6.10 Å². The number of allylic oxidation sites excluding steroid dienone is 2. The van der Waals surface area contributed by atoms with E-state index >= 15 is 0 Å². The van der Waals surface area contributed by atoms with E-state index in [0.29, 0.717) is 0 Å². The summed E-state index contributed by atoms with van der Waals surface area (Å²) in [5, 5.41) is 8.82. The molecule has 1 nitrogen and oxygen atoms in total. The molecule has 0 spiro atoms. The molecule has 9 heavy (non-hydrogen) atoms. The van der Waals surface area contributed by atoms with E-state index in [9.17, 15) is 0 Å². The second kappa shape index (κ2) is 5.83. The maximum atomic E-state index is 8.82. The van der Waals surface area contributed by atoms with Crippen molar-refractivity contribution >= 4 is 0 Å². The van der Waals surface area contributed by atoms with Gasteiger partial charge in [-0.05, 0) is 26.2 Å². The number of rotatable bonds is 4. The topological polar surface area (TPSA) is 20.2 Å². The highest BCUT2D eigenvalue weighted by Gasteiger charge is 1.89. The third-order valence-electron chi connectivity index (χ3n) is 1.15. The molecule has 1 N–H and O–H groups in total. The smallest absolute Gasteiger partial charge is 0.0515 e. The molecule has 1 heteroatoms. The fraction of sp³-hybridized carbons (Fsp3) is 0.750. The summed E-state index contributed by atoms with van der Waals surface area (Å²) in [5.41, 5.74) is 0. The van der Waals surface area contributed by atoms with E-state index in [0.717, 1.165) is 19.3 Å². The molecule has 0 heterocycles. The fourth-order valence-electron chi connectivity index (χ4n) is 0.622. The normalized spacial score (nSPS) is 14.6. The van der Waals surface area contributed by atoms with Gasteiger partial charge in [-0.25, -0.2) is 0 Å². The molecule has 0 aromatic carbocycles. The van der Waals surface area contributed by atoms with Crippen LogP contribution >= 0.6 is 0 Å². The first-order valence-corrected chi connectivity index (χ1v) is 3.60. The van der Waals surface area contributed by atoms with Crippen LogP contribution in [0.1, 0.15) is 33.1 Å². The molecular formula is C8H16O. The van der Waals surface area contributed by atoms with E-state index in [1.165, 1.54) is 0 Å². The molecule has 0 aliphatic heterocycles. The van der Waals surface area contributed by atoms with Gasteiger partial charge in [0.1, 0.15) is 0 Å². The summed E-state index contributed by atoms with van der Waals surface area (Å²) in [6.07, 6.45) is 7.09. The molecular weight excluding hydrogens is 112 g/mol. The van der Waals surface area contributed by atoms with Crippen molar-refractivity contribution in [3.8, 4) is 0 Å². The van der Waals surface area contributed by atoms with Gasteiger partial charge in [0.15, 0.2) is 0 Å². The zero-order valence-corrected chi connectivity index (χ0v) is 6.30. The molecule has 0 fully saturated rings. The van der Waals surface area contributed by atoms with Crippen LogP contribution in [0.25, 0.3) is 0 Å². The highest BCUT2D eigenvalue weighted by atomic mass is 16.3. The molecule has 0 aliphatic rings. The van der Waals surface area contributed by atoms with Crippen molar-refractivity contribution in [1.29, 1.82) is 0 Å². The van der Waals surface area contributed by atoms with Gasteiger partial charge in [-0.15, -0.1) is 0 Å². The Morgan fingerprint density at radius 1 is 1.44 bits per heavy atom. The lowest BCUT2D eigenvalue weighted by molar-refractivity contribution is 0.186. The second-order valence-corrected chi connectivity index (χ2v) is 2.31. The molecule has 54 valence electrons. The fourth-order valence-corrected chi connectivity index (χ4v) is 0.622. The van der Waals surface area contributed by atoms with Crippen molar-refractivity contribution < 1.29 is 5.11 Å². The average Bonchev–Trinajstić information content (AvgIpc) is 1.80. The summed E-state index contributed by atoms with van der Waals surface area (Å²) < 4.78 is 0. The van der Waals surface area contributed by atoms with Crippen molar-refractivity contribution in [2.45, 2.75) is 39.2 Å². The van der Waals surface area contributed by atoms with Gasteiger partial charge in [-0.3, -0.25) is 0 Å². The summed E-state index contributed by atoms with van der Waals surface area (Å²) in [4.78, 5) is 0. The molecule has 0 saturated heterocycles. The minimum Gasteiger partial charge on any atom is -0.393 e. The highest BCUT2D eigenvalue weighted by molar-refractivity contribution is 4.80. The Hall–Kier alpha value is -0.300. The summed E-state index contributed by atoms with van der Waals surface area (Å²) in [7, 11) is 0. The van der Waals surface area contributed by atoms with Crippen molar-refractivity contribution in [3.05, 3.63) is 12.2 Å². The SMILES string of the molecule is CC/C=C\CCC(C)O. The van der Waals surface area contributed by atoms with Crippen LogP contribution in [0.3, 0.4) is 0 Å². The minimum atomic E-state index is -0.147. The molecule has 1 unspecified atom stereocenters. The maximum absolute atomic E-state index is 8.82. The standard InChI is InChI=1S/C8H16O/c1-3-4-5-6-7-8(2)9/h4-5,8-9H,3,6-7H2,1-2H3/b5-4-.